The standard InChI is InChI=1S/C20H20ClN3O2S/c1-3-26-15-8-9-16-17(12-15)27-20-23-18(13-4-6-14(21)7-5-13)19(24(16)20)22-10-11-25-2/h4-9,12,22H,3,10-11H2,1-2H3. The van der Waals surface area contributed by atoms with Crippen LogP contribution in [0.5, 0.6) is 5.75 Å². The molecule has 2 aromatic heterocycles. The number of anilines is 1. The van der Waals surface area contributed by atoms with Gasteiger partial charge in [0.15, 0.2) is 4.96 Å². The second kappa shape index (κ2) is 7.76. The summed E-state index contributed by atoms with van der Waals surface area (Å²) < 4.78 is 14.1. The number of imidazole rings is 1. The average molecular weight is 402 g/mol. The molecule has 0 atom stereocenters. The maximum Gasteiger partial charge on any atom is 0.197 e. The number of nitrogens with zero attached hydrogens (tertiary/aromatic N) is 2. The molecule has 1 N–H and O–H groups in total. The number of fused-ring (bicyclic) bond motifs is 3. The highest BCUT2D eigenvalue weighted by Gasteiger charge is 2.18. The van der Waals surface area contributed by atoms with Gasteiger partial charge in [0.05, 0.1) is 23.4 Å². The van der Waals surface area contributed by atoms with E-state index >= 15 is 0 Å². The Kier molecular flexibility index (Phi) is 5.20. The van der Waals surface area contributed by atoms with E-state index in [4.69, 9.17) is 26.1 Å². The Morgan fingerprint density at radius 1 is 1.19 bits per heavy atom. The molecule has 4 aromatic rings. The zero-order valence-electron chi connectivity index (χ0n) is 15.2. The first-order valence-corrected chi connectivity index (χ1v) is 9.97. The van der Waals surface area contributed by atoms with Gasteiger partial charge in [-0.1, -0.05) is 35.1 Å². The molecule has 4 rings (SSSR count). The maximum atomic E-state index is 6.05. The molecule has 2 heterocycles. The summed E-state index contributed by atoms with van der Waals surface area (Å²) >= 11 is 7.70. The molecule has 2 aromatic carbocycles. The van der Waals surface area contributed by atoms with Crippen molar-refractivity contribution in [2.24, 2.45) is 0 Å². The Labute approximate surface area is 166 Å². The second-order valence-electron chi connectivity index (χ2n) is 6.02. The van der Waals surface area contributed by atoms with Gasteiger partial charge in [-0.3, -0.25) is 4.40 Å². The van der Waals surface area contributed by atoms with Crippen molar-refractivity contribution >= 4 is 43.9 Å². The van der Waals surface area contributed by atoms with Crippen molar-refractivity contribution in [3.8, 4) is 17.0 Å². The van der Waals surface area contributed by atoms with Crippen molar-refractivity contribution in [3.63, 3.8) is 0 Å². The largest absolute Gasteiger partial charge is 0.494 e. The molecule has 27 heavy (non-hydrogen) atoms. The summed E-state index contributed by atoms with van der Waals surface area (Å²) in [5.41, 5.74) is 3.03. The second-order valence-corrected chi connectivity index (χ2v) is 7.46. The van der Waals surface area contributed by atoms with Gasteiger partial charge in [-0.25, -0.2) is 4.98 Å². The van der Waals surface area contributed by atoms with E-state index in [-0.39, 0.29) is 0 Å². The molecular weight excluding hydrogens is 382 g/mol. The number of hydrogen-bond donors (Lipinski definition) is 1. The van der Waals surface area contributed by atoms with Gasteiger partial charge in [0.1, 0.15) is 17.3 Å². The highest BCUT2D eigenvalue weighted by atomic mass is 35.5. The molecule has 140 valence electrons. The topological polar surface area (TPSA) is 47.8 Å². The van der Waals surface area contributed by atoms with Crippen molar-refractivity contribution in [1.29, 1.82) is 0 Å². The van der Waals surface area contributed by atoms with Gasteiger partial charge in [0.25, 0.3) is 0 Å². The molecule has 5 nitrogen and oxygen atoms in total. The molecule has 0 aliphatic heterocycles. The van der Waals surface area contributed by atoms with Crippen LogP contribution in [0, 0.1) is 0 Å². The minimum absolute atomic E-state index is 0.615. The number of hydrogen-bond acceptors (Lipinski definition) is 5. The summed E-state index contributed by atoms with van der Waals surface area (Å²) in [4.78, 5) is 5.83. The Morgan fingerprint density at radius 3 is 2.74 bits per heavy atom. The Bertz CT molecular complexity index is 1070. The van der Waals surface area contributed by atoms with Crippen LogP contribution in [0.25, 0.3) is 26.4 Å². The van der Waals surface area contributed by atoms with E-state index in [0.717, 1.165) is 38.0 Å². The van der Waals surface area contributed by atoms with Gasteiger partial charge in [-0.15, -0.1) is 0 Å². The van der Waals surface area contributed by atoms with Crippen LogP contribution in [0.15, 0.2) is 42.5 Å². The SMILES string of the molecule is CCOc1ccc2c(c1)sc1nc(-c3ccc(Cl)cc3)c(NCCOC)n12. The summed E-state index contributed by atoms with van der Waals surface area (Å²) in [5.74, 6) is 1.83. The van der Waals surface area contributed by atoms with Crippen molar-refractivity contribution in [2.75, 3.05) is 32.2 Å². The summed E-state index contributed by atoms with van der Waals surface area (Å²) in [6.45, 7) is 3.95. The lowest BCUT2D eigenvalue weighted by molar-refractivity contribution is 0.210. The van der Waals surface area contributed by atoms with Gasteiger partial charge in [-0.2, -0.15) is 0 Å². The lowest BCUT2D eigenvalue weighted by Gasteiger charge is -2.09. The molecule has 7 heteroatoms. The first kappa shape index (κ1) is 18.1. The van der Waals surface area contributed by atoms with Crippen LogP contribution in [-0.4, -0.2) is 36.3 Å². The van der Waals surface area contributed by atoms with Crippen LogP contribution in [-0.2, 0) is 4.74 Å². The summed E-state index contributed by atoms with van der Waals surface area (Å²) in [5, 5.41) is 4.20. The lowest BCUT2D eigenvalue weighted by atomic mass is 10.1. The number of ether oxygens (including phenoxy) is 2. The van der Waals surface area contributed by atoms with E-state index in [2.05, 4.69) is 21.9 Å². The monoisotopic (exact) mass is 401 g/mol. The van der Waals surface area contributed by atoms with Gasteiger partial charge < -0.3 is 14.8 Å². The van der Waals surface area contributed by atoms with Crippen molar-refractivity contribution in [2.45, 2.75) is 6.92 Å². The zero-order chi connectivity index (χ0) is 18.8. The van der Waals surface area contributed by atoms with Crippen LogP contribution in [0.2, 0.25) is 5.02 Å². The normalized spacial score (nSPS) is 11.4. The third kappa shape index (κ3) is 3.48. The van der Waals surface area contributed by atoms with Gasteiger partial charge in [0, 0.05) is 24.2 Å². The fourth-order valence-corrected chi connectivity index (χ4v) is 4.23. The smallest absolute Gasteiger partial charge is 0.197 e. The fraction of sp³-hybridized carbons (Fsp3) is 0.250. The molecule has 0 spiro atoms. The number of rotatable bonds is 7. The number of aromatic nitrogens is 2. The zero-order valence-corrected chi connectivity index (χ0v) is 16.7. The Morgan fingerprint density at radius 2 is 2.00 bits per heavy atom. The Hall–Kier alpha value is -2.28. The van der Waals surface area contributed by atoms with E-state index in [9.17, 15) is 0 Å². The molecule has 0 aliphatic rings. The fourth-order valence-electron chi connectivity index (χ4n) is 3.05. The van der Waals surface area contributed by atoms with E-state index in [1.807, 2.05) is 37.3 Å². The average Bonchev–Trinajstić information content (AvgIpc) is 3.19. The van der Waals surface area contributed by atoms with Crippen molar-refractivity contribution in [3.05, 3.63) is 47.5 Å². The predicted octanol–water partition coefficient (Wildman–Crippen LogP) is 5.33. The number of thiazole rings is 1. The Balaban J connectivity index is 1.87. The van der Waals surface area contributed by atoms with Gasteiger partial charge >= 0.3 is 0 Å². The van der Waals surface area contributed by atoms with E-state index < -0.39 is 0 Å². The highest BCUT2D eigenvalue weighted by molar-refractivity contribution is 7.23. The third-order valence-electron chi connectivity index (χ3n) is 4.25. The first-order valence-electron chi connectivity index (χ1n) is 8.78. The number of benzene rings is 2. The van der Waals surface area contributed by atoms with E-state index in [0.29, 0.717) is 24.8 Å². The molecule has 0 bridgehead atoms. The molecule has 0 fully saturated rings. The van der Waals surface area contributed by atoms with Crippen LogP contribution >= 0.6 is 22.9 Å². The number of nitrogens with one attached hydrogen (secondary N) is 1. The number of halogens is 1. The molecule has 0 aliphatic carbocycles. The van der Waals surface area contributed by atoms with Crippen molar-refractivity contribution in [1.82, 2.24) is 9.38 Å². The van der Waals surface area contributed by atoms with Crippen LogP contribution in [0.4, 0.5) is 5.82 Å². The number of methoxy groups -OCH3 is 1. The summed E-state index contributed by atoms with van der Waals surface area (Å²) in [7, 11) is 1.70. The molecule has 0 saturated heterocycles. The maximum absolute atomic E-state index is 6.05. The van der Waals surface area contributed by atoms with Gasteiger partial charge in [0.2, 0.25) is 0 Å². The van der Waals surface area contributed by atoms with E-state index in [1.54, 1.807) is 18.4 Å². The molecule has 0 saturated carbocycles. The minimum atomic E-state index is 0.615. The highest BCUT2D eigenvalue weighted by Crippen LogP contribution is 2.37. The lowest BCUT2D eigenvalue weighted by Crippen LogP contribution is -2.10. The molecular formula is C20H20ClN3O2S. The molecule has 0 radical (unpaired) electrons. The molecule has 0 unspecified atom stereocenters. The minimum Gasteiger partial charge on any atom is -0.494 e. The summed E-state index contributed by atoms with van der Waals surface area (Å²) in [6.07, 6.45) is 0. The molecule has 0 amide bonds. The first-order chi connectivity index (χ1) is 13.2. The predicted molar refractivity (Wildman–Crippen MR) is 113 cm³/mol. The quantitative estimate of drug-likeness (QED) is 0.425. The van der Waals surface area contributed by atoms with Gasteiger partial charge in [-0.05, 0) is 37.3 Å². The van der Waals surface area contributed by atoms with Crippen LogP contribution in [0.3, 0.4) is 0 Å². The van der Waals surface area contributed by atoms with E-state index in [1.165, 1.54) is 0 Å². The van der Waals surface area contributed by atoms with Crippen molar-refractivity contribution < 1.29 is 9.47 Å². The third-order valence-corrected chi connectivity index (χ3v) is 5.50. The summed E-state index contributed by atoms with van der Waals surface area (Å²) in [6, 6.07) is 13.9. The van der Waals surface area contributed by atoms with Crippen LogP contribution < -0.4 is 10.1 Å². The van der Waals surface area contributed by atoms with Crippen LogP contribution in [0.1, 0.15) is 6.92 Å².